The van der Waals surface area contributed by atoms with Crippen LogP contribution in [0.1, 0.15) is 59.3 Å². The van der Waals surface area contributed by atoms with Crippen LogP contribution in [-0.2, 0) is 0 Å². The van der Waals surface area contributed by atoms with Crippen LogP contribution < -0.4 is 0 Å². The van der Waals surface area contributed by atoms with Crippen molar-refractivity contribution in [2.75, 3.05) is 27.2 Å². The third-order valence-corrected chi connectivity index (χ3v) is 6.50. The van der Waals surface area contributed by atoms with Gasteiger partial charge in [0, 0.05) is 18.6 Å². The summed E-state index contributed by atoms with van der Waals surface area (Å²) in [5, 5.41) is 10.5. The maximum absolute atomic E-state index is 10.5. The normalized spacial score (nSPS) is 36.1. The second-order valence-electron chi connectivity index (χ2n) is 8.21. The molecule has 124 valence electrons. The Hall–Kier alpha value is -0.120. The minimum atomic E-state index is -0.133. The van der Waals surface area contributed by atoms with Gasteiger partial charge in [-0.25, -0.2) is 0 Å². The van der Waals surface area contributed by atoms with Gasteiger partial charge in [0.2, 0.25) is 0 Å². The molecule has 4 atom stereocenters. The highest BCUT2D eigenvalue weighted by molar-refractivity contribution is 4.93. The zero-order valence-electron chi connectivity index (χ0n) is 14.8. The standard InChI is InChI=1S/C18H36N2O/c1-6-18(2,3)14-9-10-17(21)16(12-14)20(5)15-8-7-11-19(4)13-15/h14-17,21H,6-13H2,1-5H3. The minimum Gasteiger partial charge on any atom is -0.391 e. The molecule has 4 unspecified atom stereocenters. The van der Waals surface area contributed by atoms with Gasteiger partial charge in [-0.3, -0.25) is 4.90 Å². The van der Waals surface area contributed by atoms with Gasteiger partial charge in [-0.05, 0) is 64.1 Å². The van der Waals surface area contributed by atoms with Crippen molar-refractivity contribution in [1.29, 1.82) is 0 Å². The van der Waals surface area contributed by atoms with Crippen molar-refractivity contribution in [2.45, 2.75) is 77.5 Å². The zero-order chi connectivity index (χ0) is 15.6. The molecular weight excluding hydrogens is 260 g/mol. The van der Waals surface area contributed by atoms with Crippen LogP contribution in [0.4, 0.5) is 0 Å². The quantitative estimate of drug-likeness (QED) is 0.864. The van der Waals surface area contributed by atoms with E-state index in [2.05, 4.69) is 44.7 Å². The summed E-state index contributed by atoms with van der Waals surface area (Å²) in [7, 11) is 4.47. The van der Waals surface area contributed by atoms with Gasteiger partial charge in [0.25, 0.3) is 0 Å². The summed E-state index contributed by atoms with van der Waals surface area (Å²) < 4.78 is 0. The molecular formula is C18H36N2O. The fourth-order valence-electron chi connectivity index (χ4n) is 4.31. The van der Waals surface area contributed by atoms with Crippen molar-refractivity contribution in [2.24, 2.45) is 11.3 Å². The first-order chi connectivity index (χ1) is 9.85. The maximum Gasteiger partial charge on any atom is 0.0695 e. The Kier molecular flexibility index (Phi) is 5.72. The largest absolute Gasteiger partial charge is 0.391 e. The first kappa shape index (κ1) is 17.2. The molecule has 0 aromatic rings. The molecule has 0 bridgehead atoms. The highest BCUT2D eigenvalue weighted by Gasteiger charge is 2.40. The topological polar surface area (TPSA) is 26.7 Å². The first-order valence-corrected chi connectivity index (χ1v) is 8.93. The average Bonchev–Trinajstić information content (AvgIpc) is 2.47. The van der Waals surface area contributed by atoms with Gasteiger partial charge in [-0.15, -0.1) is 0 Å². The van der Waals surface area contributed by atoms with Crippen LogP contribution >= 0.6 is 0 Å². The number of hydrogen-bond acceptors (Lipinski definition) is 3. The van der Waals surface area contributed by atoms with E-state index >= 15 is 0 Å². The summed E-state index contributed by atoms with van der Waals surface area (Å²) >= 11 is 0. The number of aliphatic hydroxyl groups is 1. The molecule has 1 N–H and O–H groups in total. The van der Waals surface area contributed by atoms with Gasteiger partial charge >= 0.3 is 0 Å². The van der Waals surface area contributed by atoms with Crippen LogP contribution in [-0.4, -0.2) is 60.3 Å². The number of piperidine rings is 1. The van der Waals surface area contributed by atoms with E-state index in [1.807, 2.05) is 0 Å². The van der Waals surface area contributed by atoms with Crippen molar-refractivity contribution in [3.63, 3.8) is 0 Å². The first-order valence-electron chi connectivity index (χ1n) is 8.93. The SMILES string of the molecule is CCC(C)(C)C1CCC(O)C(N(C)C2CCCN(C)C2)C1. The molecule has 3 nitrogen and oxygen atoms in total. The molecule has 1 heterocycles. The third-order valence-electron chi connectivity index (χ3n) is 6.50. The molecule has 0 spiro atoms. The Morgan fingerprint density at radius 1 is 1.24 bits per heavy atom. The van der Waals surface area contributed by atoms with E-state index in [1.54, 1.807) is 0 Å². The van der Waals surface area contributed by atoms with Crippen molar-refractivity contribution in [1.82, 2.24) is 9.80 Å². The number of nitrogens with zero attached hydrogens (tertiary/aromatic N) is 2. The van der Waals surface area contributed by atoms with Crippen molar-refractivity contribution < 1.29 is 5.11 Å². The van der Waals surface area contributed by atoms with Gasteiger partial charge < -0.3 is 10.0 Å². The van der Waals surface area contributed by atoms with Gasteiger partial charge in [0.15, 0.2) is 0 Å². The highest BCUT2D eigenvalue weighted by Crippen LogP contribution is 2.42. The van der Waals surface area contributed by atoms with Gasteiger partial charge in [0.1, 0.15) is 0 Å². The van der Waals surface area contributed by atoms with Crippen molar-refractivity contribution >= 4 is 0 Å². The van der Waals surface area contributed by atoms with Gasteiger partial charge in [-0.1, -0.05) is 27.2 Å². The molecule has 0 amide bonds. The second-order valence-corrected chi connectivity index (χ2v) is 8.21. The van der Waals surface area contributed by atoms with Crippen LogP contribution in [0.2, 0.25) is 0 Å². The molecule has 1 aliphatic carbocycles. The van der Waals surface area contributed by atoms with Crippen molar-refractivity contribution in [3.8, 4) is 0 Å². The van der Waals surface area contributed by atoms with E-state index in [9.17, 15) is 5.11 Å². The fraction of sp³-hybridized carbons (Fsp3) is 1.00. The van der Waals surface area contributed by atoms with E-state index in [0.717, 1.165) is 18.9 Å². The minimum absolute atomic E-state index is 0.133. The molecule has 21 heavy (non-hydrogen) atoms. The van der Waals surface area contributed by atoms with E-state index in [0.29, 0.717) is 17.5 Å². The smallest absolute Gasteiger partial charge is 0.0695 e. The summed E-state index contributed by atoms with van der Waals surface area (Å²) in [5.41, 5.74) is 0.405. The maximum atomic E-state index is 10.5. The average molecular weight is 296 g/mol. The van der Waals surface area contributed by atoms with E-state index in [4.69, 9.17) is 0 Å². The molecule has 1 saturated heterocycles. The summed E-state index contributed by atoms with van der Waals surface area (Å²) in [4.78, 5) is 4.95. The summed E-state index contributed by atoms with van der Waals surface area (Å²) in [6.45, 7) is 9.49. The number of likely N-dealkylation sites (tertiary alicyclic amines) is 1. The Morgan fingerprint density at radius 2 is 1.95 bits per heavy atom. The summed E-state index contributed by atoms with van der Waals surface area (Å²) in [6.07, 6.45) is 7.01. The number of rotatable bonds is 4. The van der Waals surface area contributed by atoms with Crippen LogP contribution in [0.25, 0.3) is 0 Å². The predicted molar refractivity (Wildman–Crippen MR) is 89.5 cm³/mol. The highest BCUT2D eigenvalue weighted by atomic mass is 16.3. The molecule has 0 radical (unpaired) electrons. The molecule has 1 saturated carbocycles. The number of aliphatic hydroxyl groups excluding tert-OH is 1. The summed E-state index contributed by atoms with van der Waals surface area (Å²) in [6, 6.07) is 0.970. The van der Waals surface area contributed by atoms with E-state index in [1.165, 1.54) is 38.6 Å². The van der Waals surface area contributed by atoms with Gasteiger partial charge in [-0.2, -0.15) is 0 Å². The van der Waals surface area contributed by atoms with Crippen LogP contribution in [0.3, 0.4) is 0 Å². The lowest BCUT2D eigenvalue weighted by atomic mass is 9.67. The van der Waals surface area contributed by atoms with E-state index < -0.39 is 0 Å². The Labute approximate surface area is 131 Å². The molecule has 0 aromatic carbocycles. The van der Waals surface area contributed by atoms with E-state index in [-0.39, 0.29) is 6.10 Å². The monoisotopic (exact) mass is 296 g/mol. The molecule has 2 fully saturated rings. The molecule has 2 aliphatic rings. The predicted octanol–water partition coefficient (Wildman–Crippen LogP) is 2.98. The fourth-order valence-corrected chi connectivity index (χ4v) is 4.31. The Bertz CT molecular complexity index is 331. The number of likely N-dealkylation sites (N-methyl/N-ethyl adjacent to an activating group) is 2. The van der Waals surface area contributed by atoms with Crippen molar-refractivity contribution in [3.05, 3.63) is 0 Å². The third kappa shape index (κ3) is 4.00. The lowest BCUT2D eigenvalue weighted by Crippen LogP contribution is -2.55. The Morgan fingerprint density at radius 3 is 2.57 bits per heavy atom. The summed E-state index contributed by atoms with van der Waals surface area (Å²) in [5.74, 6) is 0.750. The molecule has 3 heteroatoms. The van der Waals surface area contributed by atoms with Crippen LogP contribution in [0.15, 0.2) is 0 Å². The second kappa shape index (κ2) is 6.97. The van der Waals surface area contributed by atoms with Crippen LogP contribution in [0.5, 0.6) is 0 Å². The molecule has 2 rings (SSSR count). The number of hydrogen-bond donors (Lipinski definition) is 1. The zero-order valence-corrected chi connectivity index (χ0v) is 14.8. The Balaban J connectivity index is 2.02. The van der Waals surface area contributed by atoms with Gasteiger partial charge in [0.05, 0.1) is 6.10 Å². The van der Waals surface area contributed by atoms with Crippen LogP contribution in [0, 0.1) is 11.3 Å². The lowest BCUT2D eigenvalue weighted by Gasteiger charge is -2.47. The molecule has 0 aromatic heterocycles. The molecule has 1 aliphatic heterocycles. The lowest BCUT2D eigenvalue weighted by molar-refractivity contribution is -0.0354.